The summed E-state index contributed by atoms with van der Waals surface area (Å²) in [7, 11) is 0. The average molecular weight is 239 g/mol. The van der Waals surface area contributed by atoms with E-state index in [2.05, 4.69) is 4.98 Å². The van der Waals surface area contributed by atoms with Crippen LogP contribution in [0.1, 0.15) is 5.89 Å². The maximum Gasteiger partial charge on any atom is 1.00 e. The van der Waals surface area contributed by atoms with Gasteiger partial charge < -0.3 is 17.4 Å². The van der Waals surface area contributed by atoms with Crippen LogP contribution >= 0.6 is 0 Å². The van der Waals surface area contributed by atoms with Crippen molar-refractivity contribution in [3.63, 3.8) is 0 Å². The van der Waals surface area contributed by atoms with Crippen LogP contribution in [0.4, 0.5) is 12.9 Å². The third-order valence-electron chi connectivity index (χ3n) is 1.90. The van der Waals surface area contributed by atoms with Crippen LogP contribution in [-0.2, 0) is 0 Å². The van der Waals surface area contributed by atoms with Gasteiger partial charge in [0.1, 0.15) is 5.52 Å². The van der Waals surface area contributed by atoms with Crippen molar-refractivity contribution in [2.24, 2.45) is 0 Å². The monoisotopic (exact) mass is 239 g/mol. The third-order valence-corrected chi connectivity index (χ3v) is 1.90. The summed E-state index contributed by atoms with van der Waals surface area (Å²) in [6.07, 6.45) is 0. The first-order chi connectivity index (χ1) is 6.47. The number of aromatic nitrogens is 1. The largest absolute Gasteiger partial charge is 1.00 e. The van der Waals surface area contributed by atoms with Crippen molar-refractivity contribution in [1.82, 2.24) is 4.98 Å². The first kappa shape index (κ1) is 13.2. The normalized spacial score (nSPS) is 11.5. The molecular weight excluding hydrogens is 233 g/mol. The summed E-state index contributed by atoms with van der Waals surface area (Å²) < 4.78 is 42.0. The molecule has 2 nitrogen and oxygen atoms in total. The molecule has 1 aromatic heterocycles. The molecule has 0 aliphatic heterocycles. The number of aryl methyl sites for hydroxylation is 1. The van der Waals surface area contributed by atoms with E-state index < -0.39 is 12.4 Å². The molecule has 0 amide bonds. The molecule has 0 radical (unpaired) electrons. The summed E-state index contributed by atoms with van der Waals surface area (Å²) in [6, 6.07) is 3.30. The topological polar surface area (TPSA) is 26.0 Å². The van der Waals surface area contributed by atoms with Crippen LogP contribution in [0.5, 0.6) is 0 Å². The smallest absolute Gasteiger partial charge is 0.445 e. The van der Waals surface area contributed by atoms with E-state index in [1.807, 2.05) is 0 Å². The molecule has 0 spiro atoms. The molecule has 74 valence electrons. The van der Waals surface area contributed by atoms with E-state index >= 15 is 0 Å². The molecule has 0 aliphatic carbocycles. The van der Waals surface area contributed by atoms with Gasteiger partial charge in [0.25, 0.3) is 0 Å². The number of benzene rings is 1. The molecule has 0 bridgehead atoms. The Kier molecular flexibility index (Phi) is 4.05. The molecule has 0 atom stereocenters. The van der Waals surface area contributed by atoms with Gasteiger partial charge in [-0.15, -0.1) is 5.46 Å². The van der Waals surface area contributed by atoms with Gasteiger partial charge in [0, 0.05) is 6.92 Å². The average Bonchev–Trinajstić information content (AvgIpc) is 2.41. The maximum atomic E-state index is 12.3. The molecule has 15 heavy (non-hydrogen) atoms. The van der Waals surface area contributed by atoms with E-state index in [-0.39, 0.29) is 56.9 Å². The third kappa shape index (κ3) is 2.85. The van der Waals surface area contributed by atoms with Gasteiger partial charge in [-0.25, -0.2) is 4.98 Å². The summed E-state index contributed by atoms with van der Waals surface area (Å²) in [5.41, 5.74) is -0.0173. The number of rotatable bonds is 1. The van der Waals surface area contributed by atoms with E-state index in [1.54, 1.807) is 6.92 Å². The summed E-state index contributed by atoms with van der Waals surface area (Å²) in [5, 5.41) is 0. The van der Waals surface area contributed by atoms with E-state index in [0.717, 1.165) is 12.1 Å². The van der Waals surface area contributed by atoms with Crippen molar-refractivity contribution in [2.75, 3.05) is 0 Å². The van der Waals surface area contributed by atoms with E-state index in [4.69, 9.17) is 4.42 Å². The number of oxazole rings is 1. The van der Waals surface area contributed by atoms with Gasteiger partial charge in [0.2, 0.25) is 0 Å². The van der Waals surface area contributed by atoms with Gasteiger partial charge in [-0.05, 0) is 6.07 Å². The summed E-state index contributed by atoms with van der Waals surface area (Å²) >= 11 is 0. The van der Waals surface area contributed by atoms with Crippen molar-refractivity contribution in [3.05, 3.63) is 24.1 Å². The zero-order valence-electron chi connectivity index (χ0n) is 8.30. The quantitative estimate of drug-likeness (QED) is 0.608. The summed E-state index contributed by atoms with van der Waals surface area (Å²) in [5.74, 6) is 0.367. The Balaban J connectivity index is 0.00000112. The molecule has 2 aromatic rings. The van der Waals surface area contributed by atoms with Crippen LogP contribution < -0.4 is 56.8 Å². The molecule has 1 heterocycles. The van der Waals surface area contributed by atoms with Crippen molar-refractivity contribution in [1.29, 1.82) is 0 Å². The Labute approximate surface area is 127 Å². The second kappa shape index (κ2) is 4.59. The number of fused-ring (bicyclic) bond motifs is 1. The fourth-order valence-electron chi connectivity index (χ4n) is 1.26. The summed E-state index contributed by atoms with van der Waals surface area (Å²) in [4.78, 5) is 3.83. The van der Waals surface area contributed by atoms with Gasteiger partial charge >= 0.3 is 58.4 Å². The Morgan fingerprint density at radius 3 is 2.53 bits per heavy atom. The van der Waals surface area contributed by atoms with Gasteiger partial charge in [0.05, 0.1) is 0 Å². The fourth-order valence-corrected chi connectivity index (χ4v) is 1.26. The molecule has 0 N–H and O–H groups in total. The van der Waals surface area contributed by atoms with Gasteiger partial charge in [0.15, 0.2) is 11.5 Å². The first-order valence-corrected chi connectivity index (χ1v) is 4.04. The van der Waals surface area contributed by atoms with E-state index in [0.29, 0.717) is 11.5 Å². The minimum Gasteiger partial charge on any atom is -0.445 e. The zero-order chi connectivity index (χ0) is 10.3. The van der Waals surface area contributed by atoms with Crippen molar-refractivity contribution >= 4 is 23.5 Å². The zero-order valence-corrected chi connectivity index (χ0v) is 11.4. The standard InChI is InChI=1S/C8H6BF3NO.K/c1-5-13-7-4-6(9(10,11)12)2-3-8(7)14-5;/h2-4H,1H3;/q-1;+1. The van der Waals surface area contributed by atoms with Crippen LogP contribution in [0, 0.1) is 6.92 Å². The Hall–Kier alpha value is 0.181. The Bertz CT molecular complexity index is 482. The fraction of sp³-hybridized carbons (Fsp3) is 0.125. The number of hydrogen-bond donors (Lipinski definition) is 0. The maximum absolute atomic E-state index is 12.3. The van der Waals surface area contributed by atoms with Crippen molar-refractivity contribution in [2.45, 2.75) is 6.92 Å². The number of hydrogen-bond acceptors (Lipinski definition) is 2. The molecule has 0 fully saturated rings. The molecule has 0 unspecified atom stereocenters. The first-order valence-electron chi connectivity index (χ1n) is 4.04. The Morgan fingerprint density at radius 1 is 1.27 bits per heavy atom. The van der Waals surface area contributed by atoms with Crippen LogP contribution in [-0.4, -0.2) is 12.0 Å². The molecule has 2 rings (SSSR count). The van der Waals surface area contributed by atoms with Crippen LogP contribution in [0.2, 0.25) is 0 Å². The van der Waals surface area contributed by atoms with Crippen LogP contribution in [0.15, 0.2) is 22.6 Å². The minimum absolute atomic E-state index is 0. The van der Waals surface area contributed by atoms with Gasteiger partial charge in [-0.1, -0.05) is 12.1 Å². The predicted molar refractivity (Wildman–Crippen MR) is 47.5 cm³/mol. The molecule has 7 heteroatoms. The molecule has 0 saturated carbocycles. The number of nitrogens with zero attached hydrogens (tertiary/aromatic N) is 1. The van der Waals surface area contributed by atoms with Gasteiger partial charge in [-0.2, -0.15) is 0 Å². The second-order valence-corrected chi connectivity index (χ2v) is 3.03. The SMILES string of the molecule is Cc1nc2cc([B-](F)(F)F)ccc2o1.[K+]. The minimum atomic E-state index is -4.96. The van der Waals surface area contributed by atoms with Crippen LogP contribution in [0.25, 0.3) is 11.1 Å². The molecule has 0 aliphatic rings. The van der Waals surface area contributed by atoms with Gasteiger partial charge in [-0.3, -0.25) is 0 Å². The van der Waals surface area contributed by atoms with Crippen LogP contribution in [0.3, 0.4) is 0 Å². The van der Waals surface area contributed by atoms with E-state index in [9.17, 15) is 12.9 Å². The van der Waals surface area contributed by atoms with E-state index in [1.165, 1.54) is 6.07 Å². The molecule has 0 saturated heterocycles. The van der Waals surface area contributed by atoms with Crippen molar-refractivity contribution < 1.29 is 68.7 Å². The number of halogens is 3. The predicted octanol–water partition coefficient (Wildman–Crippen LogP) is -0.805. The Morgan fingerprint density at radius 2 is 1.93 bits per heavy atom. The molecular formula is C8H6BF3KNO. The van der Waals surface area contributed by atoms with Crippen molar-refractivity contribution in [3.8, 4) is 0 Å². The summed E-state index contributed by atoms with van der Waals surface area (Å²) in [6.45, 7) is -3.36. The molecule has 1 aromatic carbocycles. The second-order valence-electron chi connectivity index (χ2n) is 3.03.